The Morgan fingerprint density at radius 2 is 1.80 bits per heavy atom. The van der Waals surface area contributed by atoms with Gasteiger partial charge in [-0.25, -0.2) is 0 Å². The Balaban J connectivity index is 1.74. The van der Waals surface area contributed by atoms with Crippen LogP contribution in [-0.4, -0.2) is 46.7 Å². The Morgan fingerprint density at radius 1 is 1.08 bits per heavy atom. The van der Waals surface area contributed by atoms with E-state index >= 15 is 0 Å². The number of hydrogen-bond donors (Lipinski definition) is 0. The largest absolute Gasteiger partial charge is 0.493 e. The van der Waals surface area contributed by atoms with E-state index in [2.05, 4.69) is 22.0 Å². The molecule has 0 atom stereocenters. The van der Waals surface area contributed by atoms with Gasteiger partial charge in [0, 0.05) is 25.0 Å². The van der Waals surface area contributed by atoms with Crippen LogP contribution >= 0.6 is 11.6 Å². The number of aliphatic imine (C=N–C) groups is 1. The van der Waals surface area contributed by atoms with E-state index in [1.807, 2.05) is 18.2 Å². The van der Waals surface area contributed by atoms with Gasteiger partial charge >= 0.3 is 0 Å². The van der Waals surface area contributed by atoms with Gasteiger partial charge in [-0.3, -0.25) is 4.99 Å². The summed E-state index contributed by atoms with van der Waals surface area (Å²) < 4.78 is 15.9. The average Bonchev–Trinajstić information content (AvgIpc) is 2.67. The Hall–Kier alpha value is -2.24. The Bertz CT molecular complexity index is 741. The molecule has 0 saturated carbocycles. The summed E-state index contributed by atoms with van der Waals surface area (Å²) in [7, 11) is 3.15. The van der Waals surface area contributed by atoms with Crippen molar-refractivity contribution in [3.8, 4) is 11.5 Å². The highest BCUT2D eigenvalue weighted by Gasteiger charge is 2.11. The van der Waals surface area contributed by atoms with Crippen molar-refractivity contribution in [3.05, 3.63) is 47.0 Å². The highest BCUT2D eigenvalue weighted by Crippen LogP contribution is 2.35. The molecule has 0 aliphatic carbocycles. The fraction of sp³-hybridized carbons (Fsp3) is 0.316. The highest BCUT2D eigenvalue weighted by molar-refractivity contribution is 6.32. The number of methoxy groups -OCH3 is 2. The minimum Gasteiger partial charge on any atom is -0.493 e. The minimum atomic E-state index is 0.492. The lowest BCUT2D eigenvalue weighted by Crippen LogP contribution is -2.36. The van der Waals surface area contributed by atoms with E-state index in [-0.39, 0.29) is 0 Å². The molecule has 6 heteroatoms. The van der Waals surface area contributed by atoms with Gasteiger partial charge in [-0.2, -0.15) is 0 Å². The van der Waals surface area contributed by atoms with Crippen molar-refractivity contribution < 1.29 is 14.2 Å². The number of hydrogen-bond acceptors (Lipinski definition) is 5. The van der Waals surface area contributed by atoms with Gasteiger partial charge in [-0.05, 0) is 42.0 Å². The highest BCUT2D eigenvalue weighted by atomic mass is 35.5. The lowest BCUT2D eigenvalue weighted by Gasteiger charge is -2.28. The smallest absolute Gasteiger partial charge is 0.179 e. The standard InChI is InChI=1S/C19H21ClN2O3/c1-23-18-12-14(11-17(20)19(18)24-2)13-21-15-3-5-16(6-4-15)22-7-9-25-10-8-22/h3-6,11-13H,7-10H2,1-2H3. The van der Waals surface area contributed by atoms with Crippen LogP contribution in [0.4, 0.5) is 11.4 Å². The molecular weight excluding hydrogens is 340 g/mol. The van der Waals surface area contributed by atoms with Crippen molar-refractivity contribution in [2.75, 3.05) is 45.4 Å². The van der Waals surface area contributed by atoms with E-state index in [1.54, 1.807) is 26.5 Å². The molecule has 0 N–H and O–H groups in total. The number of morpholine rings is 1. The van der Waals surface area contributed by atoms with E-state index in [4.69, 9.17) is 25.8 Å². The van der Waals surface area contributed by atoms with Crippen molar-refractivity contribution in [2.24, 2.45) is 4.99 Å². The summed E-state index contributed by atoms with van der Waals surface area (Å²) in [5.41, 5.74) is 2.92. The molecular formula is C19H21ClN2O3. The van der Waals surface area contributed by atoms with Crippen molar-refractivity contribution in [1.82, 2.24) is 0 Å². The fourth-order valence-corrected chi connectivity index (χ4v) is 3.03. The van der Waals surface area contributed by atoms with Gasteiger partial charge < -0.3 is 19.1 Å². The zero-order valence-corrected chi connectivity index (χ0v) is 15.1. The van der Waals surface area contributed by atoms with Crippen LogP contribution < -0.4 is 14.4 Å². The number of ether oxygens (including phenoxy) is 3. The second-order valence-corrected chi connectivity index (χ2v) is 6.02. The SMILES string of the molecule is COc1cc(C=Nc2ccc(N3CCOCC3)cc2)cc(Cl)c1OC. The van der Waals surface area contributed by atoms with Gasteiger partial charge in [-0.1, -0.05) is 11.6 Å². The summed E-state index contributed by atoms with van der Waals surface area (Å²) in [5, 5.41) is 0.492. The predicted octanol–water partition coefficient (Wildman–Crippen LogP) is 3.94. The molecule has 1 saturated heterocycles. The summed E-state index contributed by atoms with van der Waals surface area (Å²) in [4.78, 5) is 6.82. The lowest BCUT2D eigenvalue weighted by atomic mass is 10.2. The van der Waals surface area contributed by atoms with Crippen LogP contribution in [-0.2, 0) is 4.74 Å². The molecule has 1 heterocycles. The predicted molar refractivity (Wildman–Crippen MR) is 101 cm³/mol. The first-order chi connectivity index (χ1) is 12.2. The van der Waals surface area contributed by atoms with Crippen LogP contribution in [0.1, 0.15) is 5.56 Å². The van der Waals surface area contributed by atoms with Crippen LogP contribution in [0.3, 0.4) is 0 Å². The molecule has 0 radical (unpaired) electrons. The number of benzene rings is 2. The zero-order chi connectivity index (χ0) is 17.6. The van der Waals surface area contributed by atoms with Crippen molar-refractivity contribution >= 4 is 29.2 Å². The summed E-state index contributed by atoms with van der Waals surface area (Å²) in [6.07, 6.45) is 1.76. The maximum Gasteiger partial charge on any atom is 0.179 e. The molecule has 0 aromatic heterocycles. The molecule has 3 rings (SSSR count). The van der Waals surface area contributed by atoms with E-state index in [0.717, 1.165) is 37.6 Å². The third-order valence-electron chi connectivity index (χ3n) is 4.04. The topological polar surface area (TPSA) is 43.3 Å². The molecule has 5 nitrogen and oxygen atoms in total. The third kappa shape index (κ3) is 4.24. The number of rotatable bonds is 5. The summed E-state index contributed by atoms with van der Waals surface area (Å²) in [6, 6.07) is 11.8. The molecule has 1 fully saturated rings. The van der Waals surface area contributed by atoms with Crippen LogP contribution in [0.2, 0.25) is 5.02 Å². The van der Waals surface area contributed by atoms with Crippen LogP contribution in [0, 0.1) is 0 Å². The zero-order valence-electron chi connectivity index (χ0n) is 14.4. The van der Waals surface area contributed by atoms with Crippen LogP contribution in [0.15, 0.2) is 41.4 Å². The normalized spacial score (nSPS) is 14.8. The van der Waals surface area contributed by atoms with Gasteiger partial charge in [0.15, 0.2) is 11.5 Å². The molecule has 2 aromatic carbocycles. The van der Waals surface area contributed by atoms with Crippen LogP contribution in [0.5, 0.6) is 11.5 Å². The van der Waals surface area contributed by atoms with Crippen molar-refractivity contribution in [2.45, 2.75) is 0 Å². The first-order valence-corrected chi connectivity index (χ1v) is 8.47. The molecule has 0 amide bonds. The van der Waals surface area contributed by atoms with Crippen molar-refractivity contribution in [1.29, 1.82) is 0 Å². The third-order valence-corrected chi connectivity index (χ3v) is 4.33. The van der Waals surface area contributed by atoms with E-state index in [9.17, 15) is 0 Å². The van der Waals surface area contributed by atoms with Crippen LogP contribution in [0.25, 0.3) is 0 Å². The van der Waals surface area contributed by atoms with Gasteiger partial charge in [0.25, 0.3) is 0 Å². The Morgan fingerprint density at radius 3 is 2.44 bits per heavy atom. The molecule has 2 aromatic rings. The van der Waals surface area contributed by atoms with Gasteiger partial charge in [0.1, 0.15) is 0 Å². The van der Waals surface area contributed by atoms with Gasteiger partial charge in [-0.15, -0.1) is 0 Å². The van der Waals surface area contributed by atoms with Crippen molar-refractivity contribution in [3.63, 3.8) is 0 Å². The lowest BCUT2D eigenvalue weighted by molar-refractivity contribution is 0.122. The number of nitrogens with zero attached hydrogens (tertiary/aromatic N) is 2. The molecule has 132 valence electrons. The molecule has 1 aliphatic heterocycles. The first-order valence-electron chi connectivity index (χ1n) is 8.09. The molecule has 0 unspecified atom stereocenters. The maximum atomic E-state index is 6.22. The Kier molecular flexibility index (Phi) is 5.79. The number of anilines is 1. The van der Waals surface area contributed by atoms with Gasteiger partial charge in [0.2, 0.25) is 0 Å². The molecule has 1 aliphatic rings. The monoisotopic (exact) mass is 360 g/mol. The fourth-order valence-electron chi connectivity index (χ4n) is 2.73. The number of halogens is 1. The Labute approximate surface area is 152 Å². The quantitative estimate of drug-likeness (QED) is 0.757. The summed E-state index contributed by atoms with van der Waals surface area (Å²) in [5.74, 6) is 1.11. The van der Waals surface area contributed by atoms with Gasteiger partial charge in [0.05, 0.1) is 38.1 Å². The van der Waals surface area contributed by atoms with E-state index in [1.165, 1.54) is 5.69 Å². The molecule has 0 spiro atoms. The minimum absolute atomic E-state index is 0.492. The molecule has 25 heavy (non-hydrogen) atoms. The summed E-state index contributed by atoms with van der Waals surface area (Å²) >= 11 is 6.22. The van der Waals surface area contributed by atoms with E-state index in [0.29, 0.717) is 16.5 Å². The van der Waals surface area contributed by atoms with E-state index < -0.39 is 0 Å². The second-order valence-electron chi connectivity index (χ2n) is 5.61. The summed E-state index contributed by atoms with van der Waals surface area (Å²) in [6.45, 7) is 3.40. The maximum absolute atomic E-state index is 6.22. The molecule has 0 bridgehead atoms. The average molecular weight is 361 g/mol. The first kappa shape index (κ1) is 17.6. The second kappa shape index (κ2) is 8.23.